The van der Waals surface area contributed by atoms with E-state index in [9.17, 15) is 0 Å². The second-order valence-electron chi connectivity index (χ2n) is 10.6. The summed E-state index contributed by atoms with van der Waals surface area (Å²) in [7, 11) is 0. The summed E-state index contributed by atoms with van der Waals surface area (Å²) in [5, 5.41) is 0. The molecule has 0 spiro atoms. The van der Waals surface area contributed by atoms with Crippen molar-refractivity contribution in [1.29, 1.82) is 0 Å². The van der Waals surface area contributed by atoms with Gasteiger partial charge in [0.2, 0.25) is 0 Å². The first-order valence-corrected chi connectivity index (χ1v) is 11.2. The van der Waals surface area contributed by atoms with Crippen LogP contribution in [0.5, 0.6) is 11.5 Å². The smallest absolute Gasteiger partial charge is 0.153 e. The summed E-state index contributed by atoms with van der Waals surface area (Å²) in [4.78, 5) is 4.81. The monoisotopic (exact) mass is 428 g/mol. The van der Waals surface area contributed by atoms with Gasteiger partial charge in [-0.1, -0.05) is 77.9 Å². The van der Waals surface area contributed by atoms with Gasteiger partial charge in [0.25, 0.3) is 0 Å². The third-order valence-electron chi connectivity index (χ3n) is 5.71. The average molecular weight is 429 g/mol. The number of para-hydroxylation sites is 3. The first kappa shape index (κ1) is 23.6. The van der Waals surface area contributed by atoms with Crippen molar-refractivity contribution in [3.8, 4) is 11.5 Å². The Morgan fingerprint density at radius 2 is 1.44 bits per heavy atom. The molecule has 0 aromatic heterocycles. The minimum Gasteiger partial charge on any atom is -0.455 e. The molecule has 0 aliphatic rings. The van der Waals surface area contributed by atoms with Crippen molar-refractivity contribution in [2.75, 3.05) is 5.73 Å². The standard InChI is InChI=1S/C29H36N2O/c1-19-12-11-13-20(2)27(19)32-25-15-10-9-14-24(25)31-18-21-16-22(28(3,4)5)17-23(26(21)30)29(6,7)8/h9-18H,30H2,1-8H3. The number of aryl methyl sites for hydroxylation is 2. The molecule has 0 unspecified atom stereocenters. The Balaban J connectivity index is 2.05. The zero-order valence-corrected chi connectivity index (χ0v) is 20.7. The van der Waals surface area contributed by atoms with Crippen LogP contribution in [0, 0.1) is 13.8 Å². The predicted molar refractivity (Wildman–Crippen MR) is 138 cm³/mol. The molecule has 0 radical (unpaired) electrons. The van der Waals surface area contributed by atoms with E-state index in [-0.39, 0.29) is 10.8 Å². The lowest BCUT2D eigenvalue weighted by Gasteiger charge is -2.27. The molecule has 0 fully saturated rings. The lowest BCUT2D eigenvalue weighted by Crippen LogP contribution is -2.19. The van der Waals surface area contributed by atoms with E-state index in [4.69, 9.17) is 15.5 Å². The first-order valence-electron chi connectivity index (χ1n) is 11.2. The van der Waals surface area contributed by atoms with Gasteiger partial charge in [0.15, 0.2) is 5.75 Å². The third-order valence-corrected chi connectivity index (χ3v) is 5.71. The molecule has 3 aromatic carbocycles. The summed E-state index contributed by atoms with van der Waals surface area (Å²) in [5.74, 6) is 1.60. The maximum absolute atomic E-state index is 6.62. The van der Waals surface area contributed by atoms with Crippen molar-refractivity contribution in [1.82, 2.24) is 0 Å². The number of nitrogen functional groups attached to an aromatic ring is 1. The van der Waals surface area contributed by atoms with Crippen LogP contribution in [0.25, 0.3) is 0 Å². The maximum atomic E-state index is 6.62. The van der Waals surface area contributed by atoms with Crippen LogP contribution >= 0.6 is 0 Å². The SMILES string of the molecule is Cc1cccc(C)c1Oc1ccccc1N=Cc1cc(C(C)(C)C)cc(C(C)(C)C)c1N. The van der Waals surface area contributed by atoms with Crippen LogP contribution in [0.4, 0.5) is 11.4 Å². The molecule has 0 bridgehead atoms. The van der Waals surface area contributed by atoms with Gasteiger partial charge in [-0.05, 0) is 65.1 Å². The zero-order valence-electron chi connectivity index (χ0n) is 20.7. The van der Waals surface area contributed by atoms with E-state index in [0.717, 1.165) is 45.1 Å². The maximum Gasteiger partial charge on any atom is 0.153 e. The minimum absolute atomic E-state index is 0.0136. The molecule has 3 aromatic rings. The van der Waals surface area contributed by atoms with Gasteiger partial charge < -0.3 is 10.5 Å². The van der Waals surface area contributed by atoms with Gasteiger partial charge >= 0.3 is 0 Å². The molecule has 3 nitrogen and oxygen atoms in total. The second-order valence-corrected chi connectivity index (χ2v) is 10.6. The molecule has 0 atom stereocenters. The summed E-state index contributed by atoms with van der Waals surface area (Å²) in [6, 6.07) is 18.4. The number of hydrogen-bond donors (Lipinski definition) is 1. The fourth-order valence-corrected chi connectivity index (χ4v) is 3.70. The Morgan fingerprint density at radius 3 is 2.03 bits per heavy atom. The normalized spacial score (nSPS) is 12.4. The van der Waals surface area contributed by atoms with E-state index in [1.54, 1.807) is 0 Å². The molecular formula is C29H36N2O. The lowest BCUT2D eigenvalue weighted by molar-refractivity contribution is 0.476. The first-order chi connectivity index (χ1) is 14.9. The Morgan fingerprint density at radius 1 is 0.812 bits per heavy atom. The quantitative estimate of drug-likeness (QED) is 0.338. The van der Waals surface area contributed by atoms with E-state index >= 15 is 0 Å². The van der Waals surface area contributed by atoms with Crippen LogP contribution in [0.3, 0.4) is 0 Å². The van der Waals surface area contributed by atoms with Gasteiger partial charge in [0.1, 0.15) is 11.4 Å². The molecule has 3 heteroatoms. The van der Waals surface area contributed by atoms with E-state index in [1.807, 2.05) is 36.5 Å². The van der Waals surface area contributed by atoms with E-state index in [2.05, 4.69) is 79.7 Å². The molecule has 32 heavy (non-hydrogen) atoms. The van der Waals surface area contributed by atoms with Gasteiger partial charge in [-0.15, -0.1) is 0 Å². The number of nitrogens with zero attached hydrogens (tertiary/aromatic N) is 1. The predicted octanol–water partition coefficient (Wildman–Crippen LogP) is 8.02. The van der Waals surface area contributed by atoms with Crippen LogP contribution < -0.4 is 10.5 Å². The second kappa shape index (κ2) is 8.82. The highest BCUT2D eigenvalue weighted by Crippen LogP contribution is 2.37. The van der Waals surface area contributed by atoms with Crippen LogP contribution in [-0.2, 0) is 10.8 Å². The van der Waals surface area contributed by atoms with Gasteiger partial charge in [-0.25, -0.2) is 0 Å². The topological polar surface area (TPSA) is 47.6 Å². The van der Waals surface area contributed by atoms with Crippen LogP contribution in [-0.4, -0.2) is 6.21 Å². The molecule has 2 N–H and O–H groups in total. The summed E-state index contributed by atoms with van der Waals surface area (Å²) < 4.78 is 6.30. The summed E-state index contributed by atoms with van der Waals surface area (Å²) in [6.45, 7) is 17.4. The Bertz CT molecular complexity index is 1120. The molecule has 168 valence electrons. The average Bonchev–Trinajstić information content (AvgIpc) is 2.69. The van der Waals surface area contributed by atoms with E-state index in [1.165, 1.54) is 5.56 Å². The Labute approximate surface area is 193 Å². The van der Waals surface area contributed by atoms with Gasteiger partial charge in [0, 0.05) is 17.5 Å². The van der Waals surface area contributed by atoms with Crippen molar-refractivity contribution >= 4 is 17.6 Å². The van der Waals surface area contributed by atoms with Crippen molar-refractivity contribution in [2.24, 2.45) is 4.99 Å². The number of ether oxygens (including phenoxy) is 1. The molecule has 0 saturated heterocycles. The van der Waals surface area contributed by atoms with Crippen molar-refractivity contribution in [3.63, 3.8) is 0 Å². The summed E-state index contributed by atoms with van der Waals surface area (Å²) in [5.41, 5.74) is 13.7. The molecule has 0 amide bonds. The number of hydrogen-bond acceptors (Lipinski definition) is 3. The van der Waals surface area contributed by atoms with Gasteiger partial charge in [-0.2, -0.15) is 0 Å². The lowest BCUT2D eigenvalue weighted by atomic mass is 9.78. The highest BCUT2D eigenvalue weighted by Gasteiger charge is 2.23. The Kier molecular flexibility index (Phi) is 6.50. The third kappa shape index (κ3) is 5.21. The Hall–Kier alpha value is -3.07. The van der Waals surface area contributed by atoms with Crippen molar-refractivity contribution in [2.45, 2.75) is 66.2 Å². The molecule has 3 rings (SSSR count). The number of rotatable bonds is 4. The van der Waals surface area contributed by atoms with Crippen molar-refractivity contribution < 1.29 is 4.74 Å². The number of benzene rings is 3. The highest BCUT2D eigenvalue weighted by atomic mass is 16.5. The van der Waals surface area contributed by atoms with E-state index < -0.39 is 0 Å². The van der Waals surface area contributed by atoms with Crippen LogP contribution in [0.1, 0.15) is 69.4 Å². The highest BCUT2D eigenvalue weighted by molar-refractivity contribution is 5.90. The van der Waals surface area contributed by atoms with Gasteiger partial charge in [0.05, 0.1) is 0 Å². The van der Waals surface area contributed by atoms with Crippen LogP contribution in [0.15, 0.2) is 59.6 Å². The fraction of sp³-hybridized carbons (Fsp3) is 0.345. The van der Waals surface area contributed by atoms with Gasteiger partial charge in [-0.3, -0.25) is 4.99 Å². The zero-order chi connectivity index (χ0) is 23.7. The summed E-state index contributed by atoms with van der Waals surface area (Å²) >= 11 is 0. The minimum atomic E-state index is -0.0582. The summed E-state index contributed by atoms with van der Waals surface area (Å²) in [6.07, 6.45) is 1.87. The number of nitrogens with two attached hydrogens (primary N) is 1. The molecule has 0 aliphatic carbocycles. The van der Waals surface area contributed by atoms with E-state index in [0.29, 0.717) is 0 Å². The number of anilines is 1. The molecule has 0 aliphatic heterocycles. The number of aliphatic imine (C=N–C) groups is 1. The molecule has 0 heterocycles. The largest absolute Gasteiger partial charge is 0.455 e. The molecular weight excluding hydrogens is 392 g/mol. The fourth-order valence-electron chi connectivity index (χ4n) is 3.70. The van der Waals surface area contributed by atoms with Crippen LogP contribution in [0.2, 0.25) is 0 Å². The van der Waals surface area contributed by atoms with Crippen molar-refractivity contribution in [3.05, 3.63) is 82.4 Å². The molecule has 0 saturated carbocycles.